The van der Waals surface area contributed by atoms with Gasteiger partial charge in [0.05, 0.1) is 0 Å². The van der Waals surface area contributed by atoms with Gasteiger partial charge in [-0.2, -0.15) is 0 Å². The standard InChI is InChI=1S/C21H22ClN5/c1-27-11-3-5-18(14-27)25-21-19(15-6-8-17(22)9-7-15)13-24-20(26-21)16-4-2-10-23-12-16/h2,4,6-10,12-13,18H,3,5,11,14H2,1H3,(H,24,25,26). The Labute approximate surface area is 164 Å². The molecule has 0 amide bonds. The summed E-state index contributed by atoms with van der Waals surface area (Å²) in [4.78, 5) is 16.0. The number of rotatable bonds is 4. The second-order valence-electron chi connectivity index (χ2n) is 6.95. The summed E-state index contributed by atoms with van der Waals surface area (Å²) in [5.74, 6) is 1.53. The minimum absolute atomic E-state index is 0.367. The van der Waals surface area contributed by atoms with Crippen LogP contribution in [-0.4, -0.2) is 46.0 Å². The molecule has 3 heterocycles. The van der Waals surface area contributed by atoms with Crippen LogP contribution in [0, 0.1) is 0 Å². The van der Waals surface area contributed by atoms with Gasteiger partial charge in [-0.25, -0.2) is 9.97 Å². The van der Waals surface area contributed by atoms with E-state index in [1.165, 1.54) is 6.42 Å². The van der Waals surface area contributed by atoms with Gasteiger partial charge < -0.3 is 10.2 Å². The van der Waals surface area contributed by atoms with Crippen LogP contribution in [0.5, 0.6) is 0 Å². The summed E-state index contributed by atoms with van der Waals surface area (Å²) >= 11 is 6.06. The number of benzene rings is 1. The molecule has 1 atom stereocenters. The van der Waals surface area contributed by atoms with E-state index in [1.807, 2.05) is 42.6 Å². The first-order valence-corrected chi connectivity index (χ1v) is 9.55. The summed E-state index contributed by atoms with van der Waals surface area (Å²) in [6.45, 7) is 2.15. The second-order valence-corrected chi connectivity index (χ2v) is 7.39. The lowest BCUT2D eigenvalue weighted by Crippen LogP contribution is -2.40. The molecule has 1 N–H and O–H groups in total. The van der Waals surface area contributed by atoms with Crippen LogP contribution in [0.2, 0.25) is 5.02 Å². The molecule has 1 unspecified atom stereocenters. The fourth-order valence-electron chi connectivity index (χ4n) is 3.44. The fraction of sp³-hybridized carbons (Fsp3) is 0.286. The molecule has 3 aromatic rings. The normalized spacial score (nSPS) is 17.6. The minimum atomic E-state index is 0.367. The molecule has 0 saturated carbocycles. The van der Waals surface area contributed by atoms with E-state index >= 15 is 0 Å². The molecule has 27 heavy (non-hydrogen) atoms. The number of pyridine rings is 1. The quantitative estimate of drug-likeness (QED) is 0.729. The third-order valence-electron chi connectivity index (χ3n) is 4.83. The predicted octanol–water partition coefficient (Wildman–Crippen LogP) is 4.37. The Morgan fingerprint density at radius 1 is 1.11 bits per heavy atom. The van der Waals surface area contributed by atoms with Gasteiger partial charge in [-0.3, -0.25) is 4.98 Å². The van der Waals surface area contributed by atoms with Gasteiger partial charge in [0.15, 0.2) is 5.82 Å². The van der Waals surface area contributed by atoms with Crippen molar-refractivity contribution in [1.29, 1.82) is 0 Å². The Morgan fingerprint density at radius 3 is 2.70 bits per heavy atom. The zero-order valence-electron chi connectivity index (χ0n) is 15.3. The molecular formula is C21H22ClN5. The van der Waals surface area contributed by atoms with E-state index in [0.717, 1.165) is 47.0 Å². The highest BCUT2D eigenvalue weighted by Crippen LogP contribution is 2.30. The van der Waals surface area contributed by atoms with E-state index in [0.29, 0.717) is 11.9 Å². The molecule has 0 bridgehead atoms. The van der Waals surface area contributed by atoms with E-state index < -0.39 is 0 Å². The molecule has 1 aliphatic rings. The van der Waals surface area contributed by atoms with Crippen molar-refractivity contribution in [1.82, 2.24) is 19.9 Å². The van der Waals surface area contributed by atoms with Crippen LogP contribution >= 0.6 is 11.6 Å². The molecule has 0 spiro atoms. The van der Waals surface area contributed by atoms with Crippen molar-refractivity contribution in [2.75, 3.05) is 25.5 Å². The number of halogens is 1. The number of nitrogens with one attached hydrogen (secondary N) is 1. The van der Waals surface area contributed by atoms with Gasteiger partial charge in [-0.05, 0) is 56.3 Å². The van der Waals surface area contributed by atoms with Crippen molar-refractivity contribution in [3.05, 3.63) is 60.0 Å². The Morgan fingerprint density at radius 2 is 1.96 bits per heavy atom. The Balaban J connectivity index is 1.72. The molecule has 6 heteroatoms. The smallest absolute Gasteiger partial charge is 0.163 e. The predicted molar refractivity (Wildman–Crippen MR) is 110 cm³/mol. The van der Waals surface area contributed by atoms with Gasteiger partial charge in [-0.1, -0.05) is 23.7 Å². The summed E-state index contributed by atoms with van der Waals surface area (Å²) in [5.41, 5.74) is 2.93. The summed E-state index contributed by atoms with van der Waals surface area (Å²) < 4.78 is 0. The van der Waals surface area contributed by atoms with Crippen LogP contribution in [-0.2, 0) is 0 Å². The van der Waals surface area contributed by atoms with Crippen molar-refractivity contribution < 1.29 is 0 Å². The molecule has 0 radical (unpaired) electrons. The summed E-state index contributed by atoms with van der Waals surface area (Å²) in [6.07, 6.45) is 7.74. The Bertz CT molecular complexity index is 898. The monoisotopic (exact) mass is 379 g/mol. The molecule has 2 aromatic heterocycles. The largest absolute Gasteiger partial charge is 0.365 e. The Kier molecular flexibility index (Phi) is 5.32. The second kappa shape index (κ2) is 8.03. The molecular weight excluding hydrogens is 358 g/mol. The van der Waals surface area contributed by atoms with E-state index in [-0.39, 0.29) is 0 Å². The van der Waals surface area contributed by atoms with Crippen molar-refractivity contribution in [3.63, 3.8) is 0 Å². The molecule has 4 rings (SSSR count). The van der Waals surface area contributed by atoms with Crippen LogP contribution in [0.25, 0.3) is 22.5 Å². The van der Waals surface area contributed by atoms with Crippen LogP contribution in [0.3, 0.4) is 0 Å². The summed E-state index contributed by atoms with van der Waals surface area (Å²) in [7, 11) is 2.16. The zero-order valence-corrected chi connectivity index (χ0v) is 16.0. The number of anilines is 1. The average Bonchev–Trinajstić information content (AvgIpc) is 2.69. The van der Waals surface area contributed by atoms with E-state index in [9.17, 15) is 0 Å². The minimum Gasteiger partial charge on any atom is -0.365 e. The zero-order chi connectivity index (χ0) is 18.6. The lowest BCUT2D eigenvalue weighted by Gasteiger charge is -2.31. The van der Waals surface area contributed by atoms with E-state index in [4.69, 9.17) is 16.6 Å². The molecule has 1 aromatic carbocycles. The third kappa shape index (κ3) is 4.26. The van der Waals surface area contributed by atoms with Crippen LogP contribution in [0.15, 0.2) is 55.0 Å². The van der Waals surface area contributed by atoms with Crippen LogP contribution < -0.4 is 5.32 Å². The van der Waals surface area contributed by atoms with Crippen molar-refractivity contribution in [2.24, 2.45) is 0 Å². The molecule has 1 saturated heterocycles. The highest BCUT2D eigenvalue weighted by Gasteiger charge is 2.20. The number of hydrogen-bond donors (Lipinski definition) is 1. The average molecular weight is 380 g/mol. The van der Waals surface area contributed by atoms with Crippen LogP contribution in [0.1, 0.15) is 12.8 Å². The van der Waals surface area contributed by atoms with Gasteiger partial charge >= 0.3 is 0 Å². The van der Waals surface area contributed by atoms with Gasteiger partial charge in [0, 0.05) is 47.3 Å². The van der Waals surface area contributed by atoms with Gasteiger partial charge in [-0.15, -0.1) is 0 Å². The maximum absolute atomic E-state index is 6.06. The van der Waals surface area contributed by atoms with Gasteiger partial charge in [0.2, 0.25) is 0 Å². The summed E-state index contributed by atoms with van der Waals surface area (Å²) in [6, 6.07) is 12.0. The highest BCUT2D eigenvalue weighted by atomic mass is 35.5. The molecule has 0 aliphatic carbocycles. The van der Waals surface area contributed by atoms with Gasteiger partial charge in [0.25, 0.3) is 0 Å². The lowest BCUT2D eigenvalue weighted by molar-refractivity contribution is 0.261. The topological polar surface area (TPSA) is 53.9 Å². The molecule has 5 nitrogen and oxygen atoms in total. The van der Waals surface area contributed by atoms with Crippen LogP contribution in [0.4, 0.5) is 5.82 Å². The molecule has 138 valence electrons. The number of hydrogen-bond acceptors (Lipinski definition) is 5. The maximum atomic E-state index is 6.06. The summed E-state index contributed by atoms with van der Waals surface area (Å²) in [5, 5.41) is 4.37. The number of likely N-dealkylation sites (tertiary alicyclic amines) is 1. The van der Waals surface area contributed by atoms with Gasteiger partial charge in [0.1, 0.15) is 5.82 Å². The number of piperidine rings is 1. The SMILES string of the molecule is CN1CCCC(Nc2nc(-c3cccnc3)ncc2-c2ccc(Cl)cc2)C1. The van der Waals surface area contributed by atoms with E-state index in [1.54, 1.807) is 12.4 Å². The molecule has 1 fully saturated rings. The van der Waals surface area contributed by atoms with Crippen molar-refractivity contribution in [3.8, 4) is 22.5 Å². The number of nitrogens with zero attached hydrogens (tertiary/aromatic N) is 4. The van der Waals surface area contributed by atoms with Crippen molar-refractivity contribution >= 4 is 17.4 Å². The first kappa shape index (κ1) is 17.9. The Hall–Kier alpha value is -2.50. The third-order valence-corrected chi connectivity index (χ3v) is 5.08. The number of aromatic nitrogens is 3. The first-order valence-electron chi connectivity index (χ1n) is 9.17. The highest BCUT2D eigenvalue weighted by molar-refractivity contribution is 6.30. The fourth-order valence-corrected chi connectivity index (χ4v) is 3.57. The van der Waals surface area contributed by atoms with Crippen molar-refractivity contribution in [2.45, 2.75) is 18.9 Å². The number of likely N-dealkylation sites (N-methyl/N-ethyl adjacent to an activating group) is 1. The van der Waals surface area contributed by atoms with E-state index in [2.05, 4.69) is 27.2 Å². The first-order chi connectivity index (χ1) is 13.2. The maximum Gasteiger partial charge on any atom is 0.163 e. The lowest BCUT2D eigenvalue weighted by atomic mass is 10.0. The molecule has 1 aliphatic heterocycles.